The smallest absolute Gasteiger partial charge is 0.261 e. The first-order chi connectivity index (χ1) is 14.7. The summed E-state index contributed by atoms with van der Waals surface area (Å²) in [4.78, 5) is 17.5. The number of hydrogen-bond donors (Lipinski definition) is 1. The van der Waals surface area contributed by atoms with Gasteiger partial charge in [-0.05, 0) is 46.2 Å². The van der Waals surface area contributed by atoms with E-state index in [-0.39, 0.29) is 5.56 Å². The average Bonchev–Trinajstić information content (AvgIpc) is 3.32. The van der Waals surface area contributed by atoms with E-state index in [1.54, 1.807) is 4.57 Å². The van der Waals surface area contributed by atoms with Gasteiger partial charge in [0.25, 0.3) is 5.56 Å². The first kappa shape index (κ1) is 17.9. The number of fused-ring (bicyclic) bond motifs is 1. The molecule has 0 bridgehead atoms. The Kier molecular flexibility index (Phi) is 4.40. The Labute approximate surface area is 172 Å². The van der Waals surface area contributed by atoms with Crippen molar-refractivity contribution in [2.45, 2.75) is 13.5 Å². The number of benzene rings is 3. The zero-order valence-electron chi connectivity index (χ0n) is 16.3. The summed E-state index contributed by atoms with van der Waals surface area (Å²) in [5, 5.41) is 14.8. The minimum Gasteiger partial charge on any atom is -0.292 e. The van der Waals surface area contributed by atoms with Crippen LogP contribution in [0.3, 0.4) is 0 Å². The van der Waals surface area contributed by atoms with Gasteiger partial charge in [0.15, 0.2) is 5.82 Å². The highest BCUT2D eigenvalue weighted by Gasteiger charge is 2.11. The molecule has 0 atom stereocenters. The number of H-pyrrole nitrogens is 1. The van der Waals surface area contributed by atoms with Crippen LogP contribution in [-0.4, -0.2) is 30.2 Å². The molecule has 3 aromatic carbocycles. The van der Waals surface area contributed by atoms with Gasteiger partial charge in [0, 0.05) is 5.56 Å². The Hall–Kier alpha value is -4.13. The molecule has 2 aromatic heterocycles. The van der Waals surface area contributed by atoms with Crippen LogP contribution >= 0.6 is 0 Å². The highest BCUT2D eigenvalue weighted by molar-refractivity contribution is 5.80. The molecular formula is C23H18N6O. The van der Waals surface area contributed by atoms with Crippen molar-refractivity contribution in [2.24, 2.45) is 0 Å². The maximum absolute atomic E-state index is 12.9. The Bertz CT molecular complexity index is 1390. The second-order valence-corrected chi connectivity index (χ2v) is 7.06. The standard InChI is InChI=1S/C23H18N6O/c1-15-24-21-9-5-4-8-20(21)23(30)29(15)14-16-10-12-17(13-11-16)18-6-2-3-7-19(18)22-25-27-28-26-22/h2-13H,14H2,1H3,(H,25,26,27,28). The molecule has 30 heavy (non-hydrogen) atoms. The average molecular weight is 394 g/mol. The quantitative estimate of drug-likeness (QED) is 0.503. The summed E-state index contributed by atoms with van der Waals surface area (Å²) in [6.45, 7) is 2.33. The fourth-order valence-electron chi connectivity index (χ4n) is 3.65. The molecule has 146 valence electrons. The number of tetrazole rings is 1. The van der Waals surface area contributed by atoms with E-state index in [0.717, 1.165) is 27.8 Å². The molecule has 0 fully saturated rings. The molecule has 0 aliphatic carbocycles. The minimum absolute atomic E-state index is 0.0228. The molecule has 0 saturated heterocycles. The summed E-state index contributed by atoms with van der Waals surface area (Å²) in [5.41, 5.74) is 4.74. The first-order valence-corrected chi connectivity index (χ1v) is 9.59. The Morgan fingerprint density at radius 1 is 0.900 bits per heavy atom. The van der Waals surface area contributed by atoms with Crippen LogP contribution in [-0.2, 0) is 6.54 Å². The second-order valence-electron chi connectivity index (χ2n) is 7.06. The third kappa shape index (κ3) is 3.16. The molecule has 1 N–H and O–H groups in total. The zero-order valence-corrected chi connectivity index (χ0v) is 16.3. The summed E-state index contributed by atoms with van der Waals surface area (Å²) >= 11 is 0. The maximum Gasteiger partial charge on any atom is 0.261 e. The van der Waals surface area contributed by atoms with E-state index in [2.05, 4.69) is 25.6 Å². The molecule has 5 aromatic rings. The highest BCUT2D eigenvalue weighted by Crippen LogP contribution is 2.29. The van der Waals surface area contributed by atoms with Crippen molar-refractivity contribution in [3.05, 3.63) is 94.5 Å². The predicted octanol–water partition coefficient (Wildman–Crippen LogP) is 3.60. The molecule has 7 nitrogen and oxygen atoms in total. The van der Waals surface area contributed by atoms with Crippen LogP contribution in [0.25, 0.3) is 33.4 Å². The molecule has 0 saturated carbocycles. The molecule has 0 aliphatic heterocycles. The number of aromatic nitrogens is 6. The lowest BCUT2D eigenvalue weighted by Crippen LogP contribution is -2.24. The van der Waals surface area contributed by atoms with Crippen LogP contribution in [0.4, 0.5) is 0 Å². The van der Waals surface area contributed by atoms with E-state index in [1.807, 2.05) is 79.7 Å². The molecule has 0 unspecified atom stereocenters. The van der Waals surface area contributed by atoms with Gasteiger partial charge in [-0.3, -0.25) is 9.36 Å². The number of nitrogens with one attached hydrogen (secondary N) is 1. The van der Waals surface area contributed by atoms with E-state index in [0.29, 0.717) is 23.6 Å². The zero-order chi connectivity index (χ0) is 20.5. The number of aromatic amines is 1. The fraction of sp³-hybridized carbons (Fsp3) is 0.0870. The number of nitrogens with zero attached hydrogens (tertiary/aromatic N) is 5. The lowest BCUT2D eigenvalue weighted by Gasteiger charge is -2.12. The van der Waals surface area contributed by atoms with Gasteiger partial charge < -0.3 is 0 Å². The van der Waals surface area contributed by atoms with Gasteiger partial charge in [-0.25, -0.2) is 10.1 Å². The lowest BCUT2D eigenvalue weighted by atomic mass is 9.98. The summed E-state index contributed by atoms with van der Waals surface area (Å²) in [5.74, 6) is 1.32. The molecular weight excluding hydrogens is 376 g/mol. The summed E-state index contributed by atoms with van der Waals surface area (Å²) in [6.07, 6.45) is 0. The molecule has 7 heteroatoms. The minimum atomic E-state index is -0.0228. The van der Waals surface area contributed by atoms with E-state index in [9.17, 15) is 4.79 Å². The van der Waals surface area contributed by atoms with Crippen LogP contribution in [0.2, 0.25) is 0 Å². The van der Waals surface area contributed by atoms with E-state index in [4.69, 9.17) is 0 Å². The molecule has 0 spiro atoms. The van der Waals surface area contributed by atoms with Gasteiger partial charge in [-0.2, -0.15) is 0 Å². The summed E-state index contributed by atoms with van der Waals surface area (Å²) in [7, 11) is 0. The molecule has 2 heterocycles. The summed E-state index contributed by atoms with van der Waals surface area (Å²) in [6, 6.07) is 23.6. The van der Waals surface area contributed by atoms with E-state index in [1.165, 1.54) is 0 Å². The van der Waals surface area contributed by atoms with E-state index < -0.39 is 0 Å². The van der Waals surface area contributed by atoms with Crippen LogP contribution in [0.5, 0.6) is 0 Å². The SMILES string of the molecule is Cc1nc2ccccc2c(=O)n1Cc1ccc(-c2ccccc2-c2nnn[nH]2)cc1. The van der Waals surface area contributed by atoms with Crippen LogP contribution in [0, 0.1) is 6.92 Å². The van der Waals surface area contributed by atoms with Crippen molar-refractivity contribution in [2.75, 3.05) is 0 Å². The second kappa shape index (κ2) is 7.36. The van der Waals surface area contributed by atoms with Gasteiger partial charge >= 0.3 is 0 Å². The van der Waals surface area contributed by atoms with Gasteiger partial charge in [0.1, 0.15) is 5.82 Å². The van der Waals surface area contributed by atoms with Crippen molar-refractivity contribution in [3.63, 3.8) is 0 Å². The number of hydrogen-bond acceptors (Lipinski definition) is 5. The normalized spacial score (nSPS) is 11.1. The van der Waals surface area contributed by atoms with E-state index >= 15 is 0 Å². The fourth-order valence-corrected chi connectivity index (χ4v) is 3.65. The number of rotatable bonds is 4. The van der Waals surface area contributed by atoms with Crippen LogP contribution < -0.4 is 5.56 Å². The number of para-hydroxylation sites is 1. The highest BCUT2D eigenvalue weighted by atomic mass is 16.1. The maximum atomic E-state index is 12.9. The van der Waals surface area contributed by atoms with Crippen LogP contribution in [0.15, 0.2) is 77.6 Å². The van der Waals surface area contributed by atoms with Gasteiger partial charge in [0.05, 0.1) is 17.4 Å². The van der Waals surface area contributed by atoms with Crippen molar-refractivity contribution in [1.82, 2.24) is 30.2 Å². The van der Waals surface area contributed by atoms with Gasteiger partial charge in [-0.15, -0.1) is 5.10 Å². The Balaban J connectivity index is 1.49. The molecule has 0 aliphatic rings. The Morgan fingerprint density at radius 2 is 1.63 bits per heavy atom. The van der Waals surface area contributed by atoms with Crippen molar-refractivity contribution >= 4 is 10.9 Å². The molecule has 0 amide bonds. The topological polar surface area (TPSA) is 89.3 Å². The largest absolute Gasteiger partial charge is 0.292 e. The van der Waals surface area contributed by atoms with Crippen molar-refractivity contribution < 1.29 is 0 Å². The monoisotopic (exact) mass is 394 g/mol. The Morgan fingerprint density at radius 3 is 2.40 bits per heavy atom. The lowest BCUT2D eigenvalue weighted by molar-refractivity contribution is 0.713. The summed E-state index contributed by atoms with van der Waals surface area (Å²) < 4.78 is 1.71. The molecule has 0 radical (unpaired) electrons. The third-order valence-corrected chi connectivity index (χ3v) is 5.19. The van der Waals surface area contributed by atoms with Crippen molar-refractivity contribution in [1.29, 1.82) is 0 Å². The first-order valence-electron chi connectivity index (χ1n) is 9.59. The third-order valence-electron chi connectivity index (χ3n) is 5.19. The number of aryl methyl sites for hydroxylation is 1. The molecule has 5 rings (SSSR count). The van der Waals surface area contributed by atoms with Gasteiger partial charge in [0.2, 0.25) is 0 Å². The van der Waals surface area contributed by atoms with Crippen LogP contribution in [0.1, 0.15) is 11.4 Å². The van der Waals surface area contributed by atoms with Crippen molar-refractivity contribution in [3.8, 4) is 22.5 Å². The van der Waals surface area contributed by atoms with Gasteiger partial charge in [-0.1, -0.05) is 60.7 Å². The predicted molar refractivity (Wildman–Crippen MR) is 115 cm³/mol.